The Labute approximate surface area is 159 Å². The van der Waals surface area contributed by atoms with Crippen LogP contribution in [0.5, 0.6) is 5.88 Å². The van der Waals surface area contributed by atoms with Crippen molar-refractivity contribution in [3.8, 4) is 11.9 Å². The molecule has 2 fully saturated rings. The van der Waals surface area contributed by atoms with Crippen LogP contribution in [-0.2, 0) is 0 Å². The number of hydrogen-bond donors (Lipinski definition) is 0. The number of methoxy groups -OCH3 is 1. The Morgan fingerprint density at radius 1 is 1.00 bits per heavy atom. The fourth-order valence-electron chi connectivity index (χ4n) is 4.37. The monoisotopic (exact) mass is 364 g/mol. The lowest BCUT2D eigenvalue weighted by Gasteiger charge is -2.34. The van der Waals surface area contributed by atoms with Crippen LogP contribution < -0.4 is 14.5 Å². The van der Waals surface area contributed by atoms with Gasteiger partial charge in [-0.2, -0.15) is 5.26 Å². The quantitative estimate of drug-likeness (QED) is 0.825. The van der Waals surface area contributed by atoms with Gasteiger partial charge in [-0.1, -0.05) is 0 Å². The fraction of sp³-hybridized carbons (Fsp3) is 0.500. The van der Waals surface area contributed by atoms with Gasteiger partial charge >= 0.3 is 0 Å². The molecule has 2 aliphatic rings. The minimum Gasteiger partial charge on any atom is -0.480 e. The lowest BCUT2D eigenvalue weighted by Crippen LogP contribution is -2.37. The Hall–Kier alpha value is -2.88. The normalized spacial score (nSPS) is 20.5. The number of hydrogen-bond acceptors (Lipinski definition) is 7. The van der Waals surface area contributed by atoms with Crippen LogP contribution in [0.3, 0.4) is 0 Å². The molecule has 0 spiro atoms. The van der Waals surface area contributed by atoms with Gasteiger partial charge < -0.3 is 14.5 Å². The van der Waals surface area contributed by atoms with Crippen LogP contribution in [0.4, 0.5) is 11.6 Å². The van der Waals surface area contributed by atoms with E-state index in [0.717, 1.165) is 37.8 Å². The Kier molecular flexibility index (Phi) is 5.05. The molecule has 0 bridgehead atoms. The second-order valence-corrected chi connectivity index (χ2v) is 7.19. The first kappa shape index (κ1) is 17.5. The van der Waals surface area contributed by atoms with Gasteiger partial charge in [0.05, 0.1) is 12.8 Å². The number of nitriles is 1. The van der Waals surface area contributed by atoms with E-state index < -0.39 is 0 Å². The van der Waals surface area contributed by atoms with E-state index in [1.54, 1.807) is 25.7 Å². The maximum atomic E-state index is 9.53. The van der Waals surface area contributed by atoms with E-state index in [0.29, 0.717) is 23.3 Å². The average molecular weight is 364 g/mol. The van der Waals surface area contributed by atoms with Crippen LogP contribution in [0.25, 0.3) is 0 Å². The molecule has 0 saturated carbocycles. The van der Waals surface area contributed by atoms with Gasteiger partial charge in [0.1, 0.15) is 11.6 Å². The van der Waals surface area contributed by atoms with Crippen molar-refractivity contribution in [2.75, 3.05) is 43.1 Å². The van der Waals surface area contributed by atoms with E-state index in [4.69, 9.17) is 4.74 Å². The lowest BCUT2D eigenvalue weighted by molar-refractivity contribution is 0.293. The van der Waals surface area contributed by atoms with Gasteiger partial charge in [0.2, 0.25) is 11.8 Å². The van der Waals surface area contributed by atoms with Crippen LogP contribution in [0.1, 0.15) is 24.8 Å². The summed E-state index contributed by atoms with van der Waals surface area (Å²) < 4.78 is 5.26. The van der Waals surface area contributed by atoms with Gasteiger partial charge in [0, 0.05) is 44.8 Å². The highest BCUT2D eigenvalue weighted by Gasteiger charge is 2.33. The summed E-state index contributed by atoms with van der Waals surface area (Å²) in [6, 6.07) is 6.04. The molecule has 7 heteroatoms. The molecule has 2 aromatic heterocycles. The largest absolute Gasteiger partial charge is 0.480 e. The topological polar surface area (TPSA) is 78.2 Å². The summed E-state index contributed by atoms with van der Waals surface area (Å²) in [5.74, 6) is 2.62. The van der Waals surface area contributed by atoms with Crippen molar-refractivity contribution in [3.63, 3.8) is 0 Å². The van der Waals surface area contributed by atoms with Gasteiger partial charge in [-0.05, 0) is 43.2 Å². The summed E-state index contributed by atoms with van der Waals surface area (Å²) >= 11 is 0. The van der Waals surface area contributed by atoms with E-state index in [-0.39, 0.29) is 0 Å². The minimum atomic E-state index is 0.412. The standard InChI is InChI=1S/C20H24N6O/c1-27-19-17(13-21)18(3-9-22-19)26-12-6-16(14-26)15-4-10-25(11-5-15)20-23-7-2-8-24-20/h2-3,7-9,15-16H,4-6,10-12,14H2,1H3/t16-/m1/s1. The Balaban J connectivity index is 1.39. The maximum absolute atomic E-state index is 9.53. The summed E-state index contributed by atoms with van der Waals surface area (Å²) in [6.45, 7) is 4.00. The predicted molar refractivity (Wildman–Crippen MR) is 103 cm³/mol. The Morgan fingerprint density at radius 3 is 2.41 bits per heavy atom. The SMILES string of the molecule is COc1nccc(N2CC[C@@H](C3CCN(c4ncccn4)CC3)C2)c1C#N. The third kappa shape index (κ3) is 3.52. The fourth-order valence-corrected chi connectivity index (χ4v) is 4.37. The molecule has 0 aromatic carbocycles. The molecule has 2 aliphatic heterocycles. The maximum Gasteiger partial charge on any atom is 0.233 e. The van der Waals surface area contributed by atoms with E-state index in [1.807, 2.05) is 12.1 Å². The van der Waals surface area contributed by atoms with Crippen molar-refractivity contribution in [2.24, 2.45) is 11.8 Å². The van der Waals surface area contributed by atoms with Crippen molar-refractivity contribution < 1.29 is 4.74 Å². The summed E-state index contributed by atoms with van der Waals surface area (Å²) in [6.07, 6.45) is 8.84. The number of nitrogens with zero attached hydrogens (tertiary/aromatic N) is 6. The van der Waals surface area contributed by atoms with E-state index >= 15 is 0 Å². The molecule has 1 atom stereocenters. The number of piperidine rings is 1. The highest BCUT2D eigenvalue weighted by atomic mass is 16.5. The Morgan fingerprint density at radius 2 is 1.70 bits per heavy atom. The van der Waals surface area contributed by atoms with E-state index in [2.05, 4.69) is 30.8 Å². The van der Waals surface area contributed by atoms with Gasteiger partial charge in [-0.25, -0.2) is 15.0 Å². The summed E-state index contributed by atoms with van der Waals surface area (Å²) in [4.78, 5) is 17.5. The molecular weight excluding hydrogens is 340 g/mol. The third-order valence-corrected chi connectivity index (χ3v) is 5.81. The molecule has 0 radical (unpaired) electrons. The summed E-state index contributed by atoms with van der Waals surface area (Å²) in [5.41, 5.74) is 1.48. The molecule has 4 heterocycles. The number of rotatable bonds is 4. The van der Waals surface area contributed by atoms with Crippen molar-refractivity contribution >= 4 is 11.6 Å². The molecule has 0 aliphatic carbocycles. The Bertz CT molecular complexity index is 813. The van der Waals surface area contributed by atoms with Crippen molar-refractivity contribution in [3.05, 3.63) is 36.3 Å². The molecular formula is C20H24N6O. The molecule has 2 aromatic rings. The molecule has 0 amide bonds. The highest BCUT2D eigenvalue weighted by Crippen LogP contribution is 2.36. The van der Waals surface area contributed by atoms with Crippen molar-refractivity contribution in [2.45, 2.75) is 19.3 Å². The van der Waals surface area contributed by atoms with Crippen LogP contribution >= 0.6 is 0 Å². The first-order valence-electron chi connectivity index (χ1n) is 9.50. The molecule has 27 heavy (non-hydrogen) atoms. The molecule has 140 valence electrons. The third-order valence-electron chi connectivity index (χ3n) is 5.81. The summed E-state index contributed by atoms with van der Waals surface area (Å²) in [5, 5.41) is 9.53. The smallest absolute Gasteiger partial charge is 0.233 e. The van der Waals surface area contributed by atoms with Crippen LogP contribution in [0, 0.1) is 23.2 Å². The summed E-state index contributed by atoms with van der Waals surface area (Å²) in [7, 11) is 1.56. The first-order valence-corrected chi connectivity index (χ1v) is 9.50. The van der Waals surface area contributed by atoms with Gasteiger partial charge in [-0.3, -0.25) is 0 Å². The molecule has 2 saturated heterocycles. The lowest BCUT2D eigenvalue weighted by atomic mass is 9.84. The zero-order valence-electron chi connectivity index (χ0n) is 15.6. The van der Waals surface area contributed by atoms with Gasteiger partial charge in [-0.15, -0.1) is 0 Å². The van der Waals surface area contributed by atoms with Gasteiger partial charge in [0.15, 0.2) is 0 Å². The second-order valence-electron chi connectivity index (χ2n) is 7.19. The zero-order valence-corrected chi connectivity index (χ0v) is 15.6. The van der Waals surface area contributed by atoms with Gasteiger partial charge in [0.25, 0.3) is 0 Å². The molecule has 7 nitrogen and oxygen atoms in total. The van der Waals surface area contributed by atoms with Crippen molar-refractivity contribution in [1.29, 1.82) is 5.26 Å². The number of ether oxygens (including phenoxy) is 1. The van der Waals surface area contributed by atoms with Crippen LogP contribution in [0.2, 0.25) is 0 Å². The average Bonchev–Trinajstić information content (AvgIpc) is 3.24. The molecule has 0 unspecified atom stereocenters. The first-order chi connectivity index (χ1) is 13.3. The zero-order chi connectivity index (χ0) is 18.6. The number of aromatic nitrogens is 3. The van der Waals surface area contributed by atoms with Crippen LogP contribution in [0.15, 0.2) is 30.7 Å². The highest BCUT2D eigenvalue weighted by molar-refractivity contribution is 5.63. The number of anilines is 2. The van der Waals surface area contributed by atoms with Crippen molar-refractivity contribution in [1.82, 2.24) is 15.0 Å². The molecule has 4 rings (SSSR count). The molecule has 0 N–H and O–H groups in total. The van der Waals surface area contributed by atoms with E-state index in [1.165, 1.54) is 19.3 Å². The van der Waals surface area contributed by atoms with Crippen LogP contribution in [-0.4, -0.2) is 48.2 Å². The predicted octanol–water partition coefficient (Wildman–Crippen LogP) is 2.49. The minimum absolute atomic E-state index is 0.412. The van der Waals surface area contributed by atoms with E-state index in [9.17, 15) is 5.26 Å². The number of pyridine rings is 1. The second kappa shape index (κ2) is 7.78.